The average Bonchev–Trinajstić information content (AvgIpc) is 2.33. The second-order valence-corrected chi connectivity index (χ2v) is 5.45. The number of rotatable bonds is 1. The van der Waals surface area contributed by atoms with Crippen molar-refractivity contribution in [3.8, 4) is 0 Å². The lowest BCUT2D eigenvalue weighted by Crippen LogP contribution is -2.43. The van der Waals surface area contributed by atoms with Crippen LogP contribution >= 0.6 is 15.9 Å². The average molecular weight is 283 g/mol. The third-order valence-corrected chi connectivity index (χ3v) is 4.25. The van der Waals surface area contributed by atoms with E-state index in [1.165, 1.54) is 0 Å². The van der Waals surface area contributed by atoms with Crippen LogP contribution in [-0.4, -0.2) is 33.7 Å². The fourth-order valence-electron chi connectivity index (χ4n) is 1.88. The summed E-state index contributed by atoms with van der Waals surface area (Å²) in [5.74, 6) is 0.724. The highest BCUT2D eigenvalue weighted by Gasteiger charge is 2.27. The Hall–Kier alpha value is -0.900. The molecule has 2 unspecified atom stereocenters. The van der Waals surface area contributed by atoms with Gasteiger partial charge in [0.05, 0.1) is 5.56 Å². The van der Waals surface area contributed by atoms with E-state index in [0.29, 0.717) is 16.3 Å². The topological polar surface area (TPSA) is 33.2 Å². The highest BCUT2D eigenvalue weighted by atomic mass is 79.9. The summed E-state index contributed by atoms with van der Waals surface area (Å²) < 4.78 is 0. The molecule has 1 aromatic rings. The number of hydrogen-bond acceptors (Lipinski definition) is 2. The summed E-state index contributed by atoms with van der Waals surface area (Å²) in [5.41, 5.74) is 0.678. The fourth-order valence-corrected chi connectivity index (χ4v) is 2.49. The van der Waals surface area contributed by atoms with Crippen LogP contribution in [-0.2, 0) is 0 Å². The van der Waals surface area contributed by atoms with Crippen LogP contribution in [0.1, 0.15) is 23.7 Å². The minimum Gasteiger partial charge on any atom is -0.337 e. The van der Waals surface area contributed by atoms with E-state index in [1.807, 2.05) is 11.0 Å². The molecule has 0 N–H and O–H groups in total. The van der Waals surface area contributed by atoms with E-state index >= 15 is 0 Å². The molecule has 86 valence electrons. The highest BCUT2D eigenvalue weighted by Crippen LogP contribution is 2.24. The van der Waals surface area contributed by atoms with Crippen LogP contribution in [0, 0.1) is 5.92 Å². The molecule has 0 bridgehead atoms. The van der Waals surface area contributed by atoms with Crippen LogP contribution in [0.15, 0.2) is 24.5 Å². The van der Waals surface area contributed by atoms with Crippen LogP contribution in [0.4, 0.5) is 0 Å². The van der Waals surface area contributed by atoms with Crippen LogP contribution < -0.4 is 0 Å². The molecule has 1 aromatic heterocycles. The summed E-state index contributed by atoms with van der Waals surface area (Å²) in [4.78, 5) is 18.4. The smallest absolute Gasteiger partial charge is 0.255 e. The van der Waals surface area contributed by atoms with Crippen LogP contribution in [0.5, 0.6) is 0 Å². The zero-order chi connectivity index (χ0) is 11.5. The lowest BCUT2D eigenvalue weighted by atomic mass is 9.98. The van der Waals surface area contributed by atoms with E-state index < -0.39 is 0 Å². The van der Waals surface area contributed by atoms with Gasteiger partial charge in [0.15, 0.2) is 0 Å². The van der Waals surface area contributed by atoms with Crippen LogP contribution in [0.3, 0.4) is 0 Å². The van der Waals surface area contributed by atoms with Crippen LogP contribution in [0.25, 0.3) is 0 Å². The number of amides is 1. The summed E-state index contributed by atoms with van der Waals surface area (Å²) in [6.07, 6.45) is 4.37. The molecule has 2 rings (SSSR count). The predicted octanol–water partition coefficient (Wildman–Crippen LogP) is 2.33. The molecule has 3 nitrogen and oxygen atoms in total. The SMILES string of the molecule is CC1CCN(C(=O)c2cccnc2)CC1Br. The van der Waals surface area contributed by atoms with Crippen molar-refractivity contribution in [2.75, 3.05) is 13.1 Å². The maximum Gasteiger partial charge on any atom is 0.255 e. The Balaban J connectivity index is 2.06. The minimum atomic E-state index is 0.0875. The molecule has 0 spiro atoms. The van der Waals surface area contributed by atoms with Gasteiger partial charge in [-0.15, -0.1) is 0 Å². The second kappa shape index (κ2) is 4.95. The highest BCUT2D eigenvalue weighted by molar-refractivity contribution is 9.09. The van der Waals surface area contributed by atoms with Crippen molar-refractivity contribution in [2.45, 2.75) is 18.2 Å². The number of piperidine rings is 1. The molecule has 1 amide bonds. The maximum atomic E-state index is 12.1. The van der Waals surface area contributed by atoms with Gasteiger partial charge in [-0.05, 0) is 24.5 Å². The maximum absolute atomic E-state index is 12.1. The number of alkyl halides is 1. The Morgan fingerprint density at radius 1 is 1.62 bits per heavy atom. The van der Waals surface area contributed by atoms with Crippen molar-refractivity contribution in [2.24, 2.45) is 5.92 Å². The van der Waals surface area contributed by atoms with Gasteiger partial charge in [-0.25, -0.2) is 0 Å². The molecular formula is C12H15BrN2O. The first-order valence-electron chi connectivity index (χ1n) is 5.52. The molecule has 0 radical (unpaired) electrons. The zero-order valence-electron chi connectivity index (χ0n) is 9.27. The van der Waals surface area contributed by atoms with Gasteiger partial charge in [0, 0.05) is 30.3 Å². The monoisotopic (exact) mass is 282 g/mol. The van der Waals surface area contributed by atoms with Gasteiger partial charge in [-0.3, -0.25) is 9.78 Å². The van der Waals surface area contributed by atoms with Crippen LogP contribution in [0.2, 0.25) is 0 Å². The molecule has 2 heterocycles. The summed E-state index contributed by atoms with van der Waals surface area (Å²) in [6, 6.07) is 3.61. The first-order valence-corrected chi connectivity index (χ1v) is 6.43. The standard InChI is InChI=1S/C12H15BrN2O/c1-9-4-6-15(8-11(9)13)12(16)10-3-2-5-14-7-10/h2-3,5,7,9,11H,4,6,8H2,1H3. The van der Waals surface area contributed by atoms with E-state index in [9.17, 15) is 4.79 Å². The van der Waals surface area contributed by atoms with Gasteiger partial charge in [-0.1, -0.05) is 22.9 Å². The zero-order valence-corrected chi connectivity index (χ0v) is 10.9. The van der Waals surface area contributed by atoms with E-state index in [0.717, 1.165) is 19.5 Å². The van der Waals surface area contributed by atoms with Crippen molar-refractivity contribution >= 4 is 21.8 Å². The molecule has 0 aromatic carbocycles. The molecule has 4 heteroatoms. The number of hydrogen-bond donors (Lipinski definition) is 0. The van der Waals surface area contributed by atoms with Gasteiger partial charge in [0.1, 0.15) is 0 Å². The fraction of sp³-hybridized carbons (Fsp3) is 0.500. The third kappa shape index (κ3) is 2.43. The Bertz CT molecular complexity index is 369. The molecule has 1 saturated heterocycles. The van der Waals surface area contributed by atoms with E-state index in [2.05, 4.69) is 27.8 Å². The van der Waals surface area contributed by atoms with Gasteiger partial charge in [0.25, 0.3) is 5.91 Å². The molecular weight excluding hydrogens is 268 g/mol. The van der Waals surface area contributed by atoms with Crippen molar-refractivity contribution < 1.29 is 4.79 Å². The second-order valence-electron chi connectivity index (χ2n) is 4.27. The largest absolute Gasteiger partial charge is 0.337 e. The molecule has 2 atom stereocenters. The van der Waals surface area contributed by atoms with E-state index in [-0.39, 0.29) is 5.91 Å². The molecule has 1 aliphatic heterocycles. The van der Waals surface area contributed by atoms with Gasteiger partial charge in [0.2, 0.25) is 0 Å². The Morgan fingerprint density at radius 2 is 2.44 bits per heavy atom. The Labute approximate surface area is 104 Å². The number of nitrogens with zero attached hydrogens (tertiary/aromatic N) is 2. The quantitative estimate of drug-likeness (QED) is 0.741. The third-order valence-electron chi connectivity index (χ3n) is 3.06. The first kappa shape index (κ1) is 11.6. The molecule has 1 fully saturated rings. The summed E-state index contributed by atoms with van der Waals surface area (Å²) in [7, 11) is 0. The minimum absolute atomic E-state index is 0.0875. The van der Waals surface area contributed by atoms with Gasteiger partial charge in [-0.2, -0.15) is 0 Å². The van der Waals surface area contributed by atoms with E-state index in [4.69, 9.17) is 0 Å². The number of aromatic nitrogens is 1. The van der Waals surface area contributed by atoms with Gasteiger partial charge < -0.3 is 4.90 Å². The predicted molar refractivity (Wildman–Crippen MR) is 66.6 cm³/mol. The number of carbonyl (C=O) groups is 1. The number of pyridine rings is 1. The Morgan fingerprint density at radius 3 is 3.06 bits per heavy atom. The number of carbonyl (C=O) groups excluding carboxylic acids is 1. The van der Waals surface area contributed by atoms with Crippen molar-refractivity contribution in [3.05, 3.63) is 30.1 Å². The normalized spacial score (nSPS) is 25.5. The van der Waals surface area contributed by atoms with Crippen molar-refractivity contribution in [1.29, 1.82) is 0 Å². The summed E-state index contributed by atoms with van der Waals surface area (Å²) in [6.45, 7) is 3.84. The lowest BCUT2D eigenvalue weighted by Gasteiger charge is -2.34. The molecule has 0 saturated carbocycles. The molecule has 16 heavy (non-hydrogen) atoms. The first-order chi connectivity index (χ1) is 7.68. The molecule has 1 aliphatic rings. The Kier molecular flexibility index (Phi) is 3.59. The van der Waals surface area contributed by atoms with Crippen molar-refractivity contribution in [3.63, 3.8) is 0 Å². The number of likely N-dealkylation sites (tertiary alicyclic amines) is 1. The lowest BCUT2D eigenvalue weighted by molar-refractivity contribution is 0.0705. The summed E-state index contributed by atoms with van der Waals surface area (Å²) in [5, 5.41) is 0. The van der Waals surface area contributed by atoms with Crippen molar-refractivity contribution in [1.82, 2.24) is 9.88 Å². The summed E-state index contributed by atoms with van der Waals surface area (Å²) >= 11 is 3.63. The van der Waals surface area contributed by atoms with Gasteiger partial charge >= 0.3 is 0 Å². The molecule has 0 aliphatic carbocycles. The van der Waals surface area contributed by atoms with E-state index in [1.54, 1.807) is 18.5 Å². The number of halogens is 1.